The van der Waals surface area contributed by atoms with Crippen molar-refractivity contribution in [3.63, 3.8) is 0 Å². The van der Waals surface area contributed by atoms with E-state index in [4.69, 9.17) is 0 Å². The highest BCUT2D eigenvalue weighted by molar-refractivity contribution is 8.00. The van der Waals surface area contributed by atoms with Crippen LogP contribution in [0.2, 0.25) is 0 Å². The van der Waals surface area contributed by atoms with Gasteiger partial charge in [-0.25, -0.2) is 4.79 Å². The molecule has 0 saturated carbocycles. The highest BCUT2D eigenvalue weighted by atomic mass is 32.2. The summed E-state index contributed by atoms with van der Waals surface area (Å²) < 4.78 is -0.268. The molecule has 1 fully saturated rings. The van der Waals surface area contributed by atoms with Crippen molar-refractivity contribution in [3.8, 4) is 0 Å². The summed E-state index contributed by atoms with van der Waals surface area (Å²) in [5, 5.41) is 12.3. The third-order valence-corrected chi connectivity index (χ3v) is 7.26. The van der Waals surface area contributed by atoms with Crippen LogP contribution in [0.25, 0.3) is 0 Å². The average molecular weight is 456 g/mol. The Hall–Kier alpha value is -1.54. The van der Waals surface area contributed by atoms with Crippen molar-refractivity contribution >= 4 is 29.5 Å². The van der Waals surface area contributed by atoms with Crippen LogP contribution in [0.1, 0.15) is 55.4 Å². The Balaban J connectivity index is 3.21. The molecule has 1 aliphatic rings. The smallest absolute Gasteiger partial charge is 0.331 e. The minimum absolute atomic E-state index is 0.0133. The van der Waals surface area contributed by atoms with Gasteiger partial charge < -0.3 is 15.3 Å². The van der Waals surface area contributed by atoms with E-state index in [1.54, 1.807) is 29.8 Å². The first-order chi connectivity index (χ1) is 14.0. The predicted octanol–water partition coefficient (Wildman–Crippen LogP) is 2.86. The Morgan fingerprint density at radius 3 is 2.23 bits per heavy atom. The highest BCUT2D eigenvalue weighted by Crippen LogP contribution is 2.35. The van der Waals surface area contributed by atoms with E-state index in [1.807, 2.05) is 41.7 Å². The molecule has 1 aliphatic heterocycles. The van der Waals surface area contributed by atoms with Crippen molar-refractivity contribution in [2.24, 2.45) is 11.3 Å². The topological polar surface area (TPSA) is 90.0 Å². The summed E-state index contributed by atoms with van der Waals surface area (Å²) in [7, 11) is 3.62. The fourth-order valence-electron chi connectivity index (χ4n) is 4.01. The lowest BCUT2D eigenvalue weighted by Crippen LogP contribution is -2.63. The number of rotatable bonds is 7. The highest BCUT2D eigenvalue weighted by Gasteiger charge is 2.44. The van der Waals surface area contributed by atoms with Gasteiger partial charge in [0.1, 0.15) is 12.1 Å². The lowest BCUT2D eigenvalue weighted by molar-refractivity contribution is -0.141. The number of hydrogen-bond donors (Lipinski definition) is 2. The van der Waals surface area contributed by atoms with Gasteiger partial charge in [0.25, 0.3) is 0 Å². The van der Waals surface area contributed by atoms with Gasteiger partial charge in [-0.05, 0) is 39.2 Å². The molecule has 2 amide bonds. The van der Waals surface area contributed by atoms with Crippen LogP contribution in [-0.2, 0) is 14.4 Å². The molecule has 7 nitrogen and oxygen atoms in total. The molecule has 0 spiro atoms. The molecule has 0 unspecified atom stereocenters. The maximum Gasteiger partial charge on any atom is 0.331 e. The molecule has 2 N–H and O–H groups in total. The molecule has 3 atom stereocenters. The van der Waals surface area contributed by atoms with Crippen LogP contribution >= 0.6 is 11.8 Å². The molecule has 1 heterocycles. The van der Waals surface area contributed by atoms with E-state index in [2.05, 4.69) is 24.1 Å². The zero-order chi connectivity index (χ0) is 24.3. The molecule has 31 heavy (non-hydrogen) atoms. The maximum atomic E-state index is 13.6. The second-order valence-electron chi connectivity index (χ2n) is 10.5. The number of carbonyl (C=O) groups is 3. The van der Waals surface area contributed by atoms with Crippen molar-refractivity contribution in [1.29, 1.82) is 0 Å². The molecule has 8 heteroatoms. The van der Waals surface area contributed by atoms with Gasteiger partial charge >= 0.3 is 5.97 Å². The van der Waals surface area contributed by atoms with Crippen LogP contribution in [0.4, 0.5) is 0 Å². The van der Waals surface area contributed by atoms with Crippen LogP contribution < -0.4 is 5.32 Å². The number of thioether (sulfide) groups is 1. The zero-order valence-corrected chi connectivity index (χ0v) is 21.6. The number of carbonyl (C=O) groups excluding carboxylic acids is 2. The minimum atomic E-state index is -1.01. The van der Waals surface area contributed by atoms with Crippen molar-refractivity contribution in [1.82, 2.24) is 15.1 Å². The van der Waals surface area contributed by atoms with Gasteiger partial charge in [-0.3, -0.25) is 14.5 Å². The number of aliphatic carboxylic acids is 1. The Labute approximate surface area is 192 Å². The number of hydrogen-bond acceptors (Lipinski definition) is 5. The van der Waals surface area contributed by atoms with E-state index in [9.17, 15) is 19.5 Å². The first-order valence-electron chi connectivity index (χ1n) is 10.8. The van der Waals surface area contributed by atoms with Gasteiger partial charge in [0, 0.05) is 29.7 Å². The number of amides is 2. The summed E-state index contributed by atoms with van der Waals surface area (Å²) in [6.45, 7) is 16.1. The van der Waals surface area contributed by atoms with Crippen molar-refractivity contribution in [2.45, 2.75) is 78.3 Å². The van der Waals surface area contributed by atoms with E-state index in [0.29, 0.717) is 0 Å². The second kappa shape index (κ2) is 10.4. The summed E-state index contributed by atoms with van der Waals surface area (Å²) in [5.41, 5.74) is -0.323. The number of carboxylic acids is 1. The van der Waals surface area contributed by atoms with Crippen molar-refractivity contribution in [3.05, 3.63) is 11.6 Å². The molecule has 178 valence electrons. The lowest BCUT2D eigenvalue weighted by atomic mass is 9.84. The van der Waals surface area contributed by atoms with E-state index >= 15 is 0 Å². The molecule has 0 aromatic carbocycles. The maximum absolute atomic E-state index is 13.6. The standard InChI is InChI=1S/C23H41N3O4S/c1-14(2)16(13-15(3)21(29)30)26(10)20(28)17(22(4,5)6)24-19(27)18-23(7,8)31-12-11-25(18)9/h13-14,16-18H,11-12H2,1-10H3,(H,24,27)(H,29,30)/t16-,17-,18+/m1/s1. The molecular weight excluding hydrogens is 414 g/mol. The minimum Gasteiger partial charge on any atom is -0.478 e. The van der Waals surface area contributed by atoms with E-state index in [1.165, 1.54) is 6.92 Å². The number of nitrogens with one attached hydrogen (secondary N) is 1. The zero-order valence-electron chi connectivity index (χ0n) is 20.8. The first kappa shape index (κ1) is 27.5. The third kappa shape index (κ3) is 6.97. The van der Waals surface area contributed by atoms with Gasteiger partial charge in [0.05, 0.1) is 6.04 Å². The van der Waals surface area contributed by atoms with Gasteiger partial charge in [0.15, 0.2) is 0 Å². The van der Waals surface area contributed by atoms with Crippen LogP contribution in [0.15, 0.2) is 11.6 Å². The second-order valence-corrected chi connectivity index (χ2v) is 12.2. The van der Waals surface area contributed by atoms with Crippen LogP contribution in [-0.4, -0.2) is 82.0 Å². The van der Waals surface area contributed by atoms with Gasteiger partial charge in [-0.1, -0.05) is 40.7 Å². The Morgan fingerprint density at radius 2 is 1.81 bits per heavy atom. The van der Waals surface area contributed by atoms with Gasteiger partial charge in [-0.15, -0.1) is 0 Å². The monoisotopic (exact) mass is 455 g/mol. The van der Waals surface area contributed by atoms with Crippen LogP contribution in [0, 0.1) is 11.3 Å². The Kier molecular flexibility index (Phi) is 9.21. The van der Waals surface area contributed by atoms with Crippen LogP contribution in [0.3, 0.4) is 0 Å². The largest absolute Gasteiger partial charge is 0.478 e. The van der Waals surface area contributed by atoms with Gasteiger partial charge in [0.2, 0.25) is 11.8 Å². The van der Waals surface area contributed by atoms with Crippen LogP contribution in [0.5, 0.6) is 0 Å². The summed E-state index contributed by atoms with van der Waals surface area (Å²) in [4.78, 5) is 41.9. The summed E-state index contributed by atoms with van der Waals surface area (Å²) in [6, 6.07) is -1.47. The number of carboxylic acid groups (broad SMARTS) is 1. The molecular formula is C23H41N3O4S. The SMILES string of the molecule is CC(=C[C@H](C(C)C)N(C)C(=O)[C@@H](NC(=O)[C@@H]1N(C)CCSC1(C)C)C(C)(C)C)C(=O)O. The Morgan fingerprint density at radius 1 is 1.26 bits per heavy atom. The number of likely N-dealkylation sites (N-methyl/N-ethyl adjacent to an activating group) is 2. The first-order valence-corrected chi connectivity index (χ1v) is 11.8. The molecule has 0 aliphatic carbocycles. The average Bonchev–Trinajstić information content (AvgIpc) is 2.60. The predicted molar refractivity (Wildman–Crippen MR) is 127 cm³/mol. The summed E-state index contributed by atoms with van der Waals surface area (Å²) in [5.74, 6) is -0.410. The van der Waals surface area contributed by atoms with E-state index in [-0.39, 0.29) is 34.1 Å². The Bertz CT molecular complexity index is 712. The molecule has 1 rings (SSSR count). The molecule has 0 aromatic rings. The molecule has 1 saturated heterocycles. The normalized spacial score (nSPS) is 22.0. The fourth-order valence-corrected chi connectivity index (χ4v) is 5.36. The lowest BCUT2D eigenvalue weighted by Gasteiger charge is -2.44. The molecule has 0 aromatic heterocycles. The molecule has 0 bridgehead atoms. The third-order valence-electron chi connectivity index (χ3n) is 5.90. The van der Waals surface area contributed by atoms with Gasteiger partial charge in [-0.2, -0.15) is 11.8 Å². The number of nitrogens with zero attached hydrogens (tertiary/aromatic N) is 2. The van der Waals surface area contributed by atoms with E-state index in [0.717, 1.165) is 12.3 Å². The van der Waals surface area contributed by atoms with Crippen molar-refractivity contribution < 1.29 is 19.5 Å². The summed E-state index contributed by atoms with van der Waals surface area (Å²) >= 11 is 1.77. The quantitative estimate of drug-likeness (QED) is 0.574. The molecule has 0 radical (unpaired) electrons. The van der Waals surface area contributed by atoms with Crippen molar-refractivity contribution in [2.75, 3.05) is 26.4 Å². The van der Waals surface area contributed by atoms with E-state index < -0.39 is 23.5 Å². The summed E-state index contributed by atoms with van der Waals surface area (Å²) in [6.07, 6.45) is 1.61. The fraction of sp³-hybridized carbons (Fsp3) is 0.783.